The number of nitrogens with zero attached hydrogens (tertiary/aromatic N) is 2. The van der Waals surface area contributed by atoms with Gasteiger partial charge in [-0.05, 0) is 121 Å². The molecule has 0 radical (unpaired) electrons. The van der Waals surface area contributed by atoms with E-state index >= 15 is 0 Å². The Kier molecular flexibility index (Phi) is 10.9. The maximum absolute atomic E-state index is 2.45. The van der Waals surface area contributed by atoms with Crippen LogP contribution >= 0.6 is 0 Å². The molecule has 0 fully saturated rings. The van der Waals surface area contributed by atoms with Gasteiger partial charge in [0.1, 0.15) is 0 Å². The zero-order valence-corrected chi connectivity index (χ0v) is 39.6. The Labute approximate surface area is 420 Å². The van der Waals surface area contributed by atoms with Gasteiger partial charge >= 0.3 is 0 Å². The quantitative estimate of drug-likeness (QED) is 0.133. The van der Waals surface area contributed by atoms with Crippen LogP contribution in [0.5, 0.6) is 0 Å². The van der Waals surface area contributed by atoms with Crippen molar-refractivity contribution in [2.75, 3.05) is 4.90 Å². The fraction of sp³-hybridized carbons (Fsp3) is 0. The summed E-state index contributed by atoms with van der Waals surface area (Å²) in [6, 6.07) is 106. The Morgan fingerprint density at radius 2 is 0.722 bits per heavy atom. The molecule has 0 saturated carbocycles. The topological polar surface area (TPSA) is 8.17 Å². The van der Waals surface area contributed by atoms with Crippen LogP contribution < -0.4 is 4.90 Å². The number of aromatic nitrogens is 1. The number of fused-ring (bicyclic) bond motifs is 4. The van der Waals surface area contributed by atoms with E-state index in [1.54, 1.807) is 0 Å². The summed E-state index contributed by atoms with van der Waals surface area (Å²) in [4.78, 5) is 2.45. The van der Waals surface area contributed by atoms with Crippen LogP contribution in [0.2, 0.25) is 0 Å². The van der Waals surface area contributed by atoms with E-state index < -0.39 is 0 Å². The van der Waals surface area contributed by atoms with E-state index in [-0.39, 0.29) is 0 Å². The smallest absolute Gasteiger partial charge is 0.0619 e. The van der Waals surface area contributed by atoms with Crippen LogP contribution in [-0.4, -0.2) is 4.57 Å². The van der Waals surface area contributed by atoms with Gasteiger partial charge in [-0.2, -0.15) is 0 Å². The minimum atomic E-state index is 1.06. The molecule has 0 amide bonds. The molecule has 0 aliphatic carbocycles. The third-order valence-electron chi connectivity index (χ3n) is 14.2. The van der Waals surface area contributed by atoms with Gasteiger partial charge in [0.2, 0.25) is 0 Å². The van der Waals surface area contributed by atoms with Crippen LogP contribution in [0.15, 0.2) is 291 Å². The fourth-order valence-electron chi connectivity index (χ4n) is 10.8. The molecule has 0 saturated heterocycles. The van der Waals surface area contributed by atoms with Gasteiger partial charge in [0.25, 0.3) is 0 Å². The van der Waals surface area contributed by atoms with Crippen molar-refractivity contribution in [3.8, 4) is 72.4 Å². The Hall–Kier alpha value is -9.50. The van der Waals surface area contributed by atoms with E-state index in [4.69, 9.17) is 0 Å². The Bertz CT molecular complexity index is 4040. The molecule has 0 unspecified atom stereocenters. The van der Waals surface area contributed by atoms with Crippen LogP contribution in [0.1, 0.15) is 0 Å². The fourth-order valence-corrected chi connectivity index (χ4v) is 10.8. The molecule has 338 valence electrons. The van der Waals surface area contributed by atoms with E-state index in [1.165, 1.54) is 77.1 Å². The van der Waals surface area contributed by atoms with Gasteiger partial charge in [-0.3, -0.25) is 0 Å². The number of hydrogen-bond acceptors (Lipinski definition) is 1. The third kappa shape index (κ3) is 7.73. The van der Waals surface area contributed by atoms with Crippen molar-refractivity contribution in [2.24, 2.45) is 0 Å². The molecule has 0 bridgehead atoms. The monoisotopic (exact) mass is 916 g/mol. The van der Waals surface area contributed by atoms with Crippen molar-refractivity contribution < 1.29 is 0 Å². The molecular weight excluding hydrogens is 869 g/mol. The van der Waals surface area contributed by atoms with Gasteiger partial charge in [0, 0.05) is 39.0 Å². The van der Waals surface area contributed by atoms with Gasteiger partial charge in [-0.1, -0.05) is 237 Å². The average Bonchev–Trinajstić information content (AvgIpc) is 3.81. The SMILES string of the molecule is c1ccc(-c2ccccc2-c2c(-c3ccccc3)cccc2N(c2ccc(-c3ccc(-c4ccc5ccccc5c4)cc3)cc2)c2ccc(-c3cccc4c5ccccc5n(-c5ccccc5)c34)cc2)cc1. The molecule has 13 aromatic rings. The summed E-state index contributed by atoms with van der Waals surface area (Å²) < 4.78 is 2.42. The molecule has 1 aromatic heterocycles. The molecule has 0 atom stereocenters. The molecular formula is C70H48N2. The van der Waals surface area contributed by atoms with E-state index in [0.717, 1.165) is 45.0 Å². The predicted molar refractivity (Wildman–Crippen MR) is 306 cm³/mol. The van der Waals surface area contributed by atoms with E-state index in [9.17, 15) is 0 Å². The Balaban J connectivity index is 0.970. The van der Waals surface area contributed by atoms with E-state index in [2.05, 4.69) is 301 Å². The lowest BCUT2D eigenvalue weighted by Crippen LogP contribution is -2.12. The first-order valence-electron chi connectivity index (χ1n) is 24.7. The van der Waals surface area contributed by atoms with Crippen LogP contribution in [0.4, 0.5) is 17.1 Å². The standard InChI is InChI=1S/C70H48N2/c1-4-19-53(20-5-1)61-26-12-13-28-65(61)69-62(54-21-6-2-7-22-54)29-17-33-68(69)71(59-44-40-51(41-45-59)50-34-36-52(37-35-50)57-39-38-49-18-10-11-23-56(49)48-57)60-46-42-55(43-47-60)63-30-16-31-66-64-27-14-15-32-67(64)72(70(63)66)58-24-8-3-9-25-58/h1-48H. The summed E-state index contributed by atoms with van der Waals surface area (Å²) in [6.07, 6.45) is 0. The van der Waals surface area contributed by atoms with Crippen molar-refractivity contribution >= 4 is 49.6 Å². The van der Waals surface area contributed by atoms with Gasteiger partial charge in [-0.15, -0.1) is 0 Å². The summed E-state index contributed by atoms with van der Waals surface area (Å²) in [5.41, 5.74) is 20.9. The molecule has 2 nitrogen and oxygen atoms in total. The maximum atomic E-state index is 2.45. The summed E-state index contributed by atoms with van der Waals surface area (Å²) in [5.74, 6) is 0. The lowest BCUT2D eigenvalue weighted by atomic mass is 9.87. The highest BCUT2D eigenvalue weighted by atomic mass is 15.1. The number of rotatable bonds is 10. The molecule has 0 spiro atoms. The minimum absolute atomic E-state index is 1.06. The first-order valence-corrected chi connectivity index (χ1v) is 24.7. The Morgan fingerprint density at radius 1 is 0.264 bits per heavy atom. The predicted octanol–water partition coefficient (Wildman–Crippen LogP) is 19.4. The summed E-state index contributed by atoms with van der Waals surface area (Å²) in [6.45, 7) is 0. The highest BCUT2D eigenvalue weighted by Crippen LogP contribution is 2.49. The lowest BCUT2D eigenvalue weighted by Gasteiger charge is -2.30. The van der Waals surface area contributed by atoms with Gasteiger partial charge in [0.05, 0.1) is 16.7 Å². The van der Waals surface area contributed by atoms with Gasteiger partial charge < -0.3 is 9.47 Å². The third-order valence-corrected chi connectivity index (χ3v) is 14.2. The van der Waals surface area contributed by atoms with Crippen molar-refractivity contribution in [3.63, 3.8) is 0 Å². The summed E-state index contributed by atoms with van der Waals surface area (Å²) >= 11 is 0. The Morgan fingerprint density at radius 3 is 1.42 bits per heavy atom. The average molecular weight is 917 g/mol. The largest absolute Gasteiger partial charge is 0.310 e. The van der Waals surface area contributed by atoms with E-state index in [0.29, 0.717) is 0 Å². The molecule has 0 aliphatic rings. The molecule has 12 aromatic carbocycles. The number of anilines is 3. The second-order valence-electron chi connectivity index (χ2n) is 18.4. The molecule has 2 heteroatoms. The first-order chi connectivity index (χ1) is 35.7. The van der Waals surface area contributed by atoms with Crippen LogP contribution in [0.3, 0.4) is 0 Å². The first kappa shape index (κ1) is 42.6. The van der Waals surface area contributed by atoms with Crippen LogP contribution in [0.25, 0.3) is 105 Å². The zero-order valence-electron chi connectivity index (χ0n) is 39.6. The number of hydrogen-bond donors (Lipinski definition) is 0. The highest BCUT2D eigenvalue weighted by molar-refractivity contribution is 6.14. The van der Waals surface area contributed by atoms with Crippen LogP contribution in [-0.2, 0) is 0 Å². The molecule has 1 heterocycles. The van der Waals surface area contributed by atoms with Crippen molar-refractivity contribution in [3.05, 3.63) is 291 Å². The summed E-state index contributed by atoms with van der Waals surface area (Å²) in [7, 11) is 0. The molecule has 0 aliphatic heterocycles. The summed E-state index contributed by atoms with van der Waals surface area (Å²) in [5, 5.41) is 4.98. The molecule has 72 heavy (non-hydrogen) atoms. The van der Waals surface area contributed by atoms with Gasteiger partial charge in [-0.25, -0.2) is 0 Å². The van der Waals surface area contributed by atoms with Crippen molar-refractivity contribution in [1.82, 2.24) is 4.57 Å². The normalized spacial score (nSPS) is 11.3. The molecule has 0 N–H and O–H groups in total. The van der Waals surface area contributed by atoms with Crippen molar-refractivity contribution in [1.29, 1.82) is 0 Å². The molecule has 13 rings (SSSR count). The second-order valence-corrected chi connectivity index (χ2v) is 18.4. The maximum Gasteiger partial charge on any atom is 0.0619 e. The van der Waals surface area contributed by atoms with E-state index in [1.807, 2.05) is 0 Å². The van der Waals surface area contributed by atoms with Crippen molar-refractivity contribution in [2.45, 2.75) is 0 Å². The lowest BCUT2D eigenvalue weighted by molar-refractivity contribution is 1.18. The zero-order chi connectivity index (χ0) is 47.8. The highest BCUT2D eigenvalue weighted by Gasteiger charge is 2.24. The number of para-hydroxylation sites is 3. The second kappa shape index (κ2) is 18.4. The van der Waals surface area contributed by atoms with Gasteiger partial charge in [0.15, 0.2) is 0 Å². The van der Waals surface area contributed by atoms with Crippen LogP contribution in [0, 0.1) is 0 Å². The number of benzene rings is 12. The minimum Gasteiger partial charge on any atom is -0.310 e.